The second-order valence-corrected chi connectivity index (χ2v) is 7.01. The summed E-state index contributed by atoms with van der Waals surface area (Å²) in [5.41, 5.74) is 4.02. The summed E-state index contributed by atoms with van der Waals surface area (Å²) in [6.07, 6.45) is 1.87. The number of fused-ring (bicyclic) bond motifs is 1. The zero-order valence-electron chi connectivity index (χ0n) is 15.2. The van der Waals surface area contributed by atoms with Crippen LogP contribution in [0.25, 0.3) is 0 Å². The van der Waals surface area contributed by atoms with Gasteiger partial charge in [0.05, 0.1) is 17.3 Å². The van der Waals surface area contributed by atoms with Gasteiger partial charge in [-0.05, 0) is 42.4 Å². The van der Waals surface area contributed by atoms with Gasteiger partial charge in [0.25, 0.3) is 0 Å². The number of piperazine rings is 1. The van der Waals surface area contributed by atoms with Gasteiger partial charge < -0.3 is 10.2 Å². The molecule has 0 bridgehead atoms. The molecule has 140 valence electrons. The molecule has 1 atom stereocenters. The molecule has 1 N–H and O–H groups in total. The first kappa shape index (κ1) is 19.3. The molecule has 1 aromatic carbocycles. The highest BCUT2D eigenvalue weighted by molar-refractivity contribution is 6.04. The maximum atomic E-state index is 12.4. The van der Waals surface area contributed by atoms with E-state index >= 15 is 0 Å². The van der Waals surface area contributed by atoms with Crippen molar-refractivity contribution < 1.29 is 4.79 Å². The predicted octanol–water partition coefficient (Wildman–Crippen LogP) is 2.21. The molecule has 1 saturated heterocycles. The van der Waals surface area contributed by atoms with Gasteiger partial charge >= 0.3 is 0 Å². The summed E-state index contributed by atoms with van der Waals surface area (Å²) in [4.78, 5) is 21.7. The van der Waals surface area contributed by atoms with Crippen molar-refractivity contribution in [2.75, 3.05) is 38.5 Å². The van der Waals surface area contributed by atoms with E-state index in [1.807, 2.05) is 12.3 Å². The van der Waals surface area contributed by atoms with E-state index in [1.54, 1.807) is 18.2 Å². The predicted molar refractivity (Wildman–Crippen MR) is 106 cm³/mol. The summed E-state index contributed by atoms with van der Waals surface area (Å²) in [7, 11) is 2.15. The minimum atomic E-state index is -0.448. The summed E-state index contributed by atoms with van der Waals surface area (Å²) in [5, 5.41) is 12.0. The van der Waals surface area contributed by atoms with Crippen LogP contribution in [0.3, 0.4) is 0 Å². The van der Waals surface area contributed by atoms with E-state index in [9.17, 15) is 4.79 Å². The largest absolute Gasteiger partial charge is 0.325 e. The molecule has 2 aliphatic rings. The van der Waals surface area contributed by atoms with Crippen LogP contribution < -0.4 is 5.32 Å². The molecular formula is C20H22ClN5O. The van der Waals surface area contributed by atoms with Crippen molar-refractivity contribution in [2.45, 2.75) is 12.5 Å². The molecule has 3 heterocycles. The summed E-state index contributed by atoms with van der Waals surface area (Å²) < 4.78 is 0. The second kappa shape index (κ2) is 8.05. The molecular weight excluding hydrogens is 362 g/mol. The quantitative estimate of drug-likeness (QED) is 0.879. The van der Waals surface area contributed by atoms with Gasteiger partial charge in [0.1, 0.15) is 5.92 Å². The first-order valence-corrected chi connectivity index (χ1v) is 8.84. The minimum Gasteiger partial charge on any atom is -0.325 e. The number of carbonyl (C=O) groups is 1. The number of rotatable bonds is 3. The highest BCUT2D eigenvalue weighted by Gasteiger charge is 2.33. The normalized spacial score (nSPS) is 19.7. The number of hydrogen-bond acceptors (Lipinski definition) is 5. The maximum Gasteiger partial charge on any atom is 0.238 e. The summed E-state index contributed by atoms with van der Waals surface area (Å²) in [6, 6.07) is 11.4. The number of pyridine rings is 1. The number of halogens is 1. The van der Waals surface area contributed by atoms with Crippen molar-refractivity contribution >= 4 is 24.0 Å². The molecule has 0 saturated carbocycles. The average molecular weight is 384 g/mol. The molecule has 4 rings (SSSR count). The zero-order chi connectivity index (χ0) is 18.1. The monoisotopic (exact) mass is 383 g/mol. The first-order valence-electron chi connectivity index (χ1n) is 8.84. The molecule has 1 unspecified atom stereocenters. The molecule has 0 radical (unpaired) electrons. The third-order valence-electron chi connectivity index (χ3n) is 5.16. The number of nitrogens with one attached hydrogen (secondary N) is 1. The van der Waals surface area contributed by atoms with Crippen molar-refractivity contribution in [1.29, 1.82) is 5.26 Å². The third kappa shape index (κ3) is 3.96. The van der Waals surface area contributed by atoms with Gasteiger partial charge in [-0.2, -0.15) is 5.26 Å². The van der Waals surface area contributed by atoms with Crippen LogP contribution in [-0.2, 0) is 11.3 Å². The fraction of sp³-hybridized carbons (Fsp3) is 0.350. The Hall–Kier alpha value is -2.46. The lowest BCUT2D eigenvalue weighted by atomic mass is 9.95. The van der Waals surface area contributed by atoms with Gasteiger partial charge in [-0.3, -0.25) is 14.7 Å². The molecule has 2 aliphatic heterocycles. The van der Waals surface area contributed by atoms with E-state index in [0.29, 0.717) is 5.56 Å². The highest BCUT2D eigenvalue weighted by atomic mass is 35.5. The lowest BCUT2D eigenvalue weighted by Crippen LogP contribution is -2.43. The van der Waals surface area contributed by atoms with Crippen molar-refractivity contribution in [3.05, 3.63) is 58.9 Å². The topological polar surface area (TPSA) is 72.3 Å². The van der Waals surface area contributed by atoms with Gasteiger partial charge in [-0.15, -0.1) is 12.4 Å². The third-order valence-corrected chi connectivity index (χ3v) is 5.16. The van der Waals surface area contributed by atoms with Gasteiger partial charge in [-0.25, -0.2) is 0 Å². The van der Waals surface area contributed by atoms with E-state index in [0.717, 1.165) is 55.2 Å². The average Bonchev–Trinajstić information content (AvgIpc) is 2.99. The van der Waals surface area contributed by atoms with Crippen molar-refractivity contribution in [3.8, 4) is 6.07 Å². The second-order valence-electron chi connectivity index (χ2n) is 7.01. The first-order chi connectivity index (χ1) is 12.6. The van der Waals surface area contributed by atoms with Crippen molar-refractivity contribution in [2.24, 2.45) is 0 Å². The van der Waals surface area contributed by atoms with Crippen molar-refractivity contribution in [1.82, 2.24) is 14.8 Å². The number of likely N-dealkylation sites (N-methyl/N-ethyl adjacent to an activating group) is 1. The lowest BCUT2D eigenvalue weighted by Gasteiger charge is -2.32. The molecule has 1 amide bonds. The fourth-order valence-electron chi connectivity index (χ4n) is 3.59. The van der Waals surface area contributed by atoms with E-state index in [4.69, 9.17) is 5.26 Å². The Balaban J connectivity index is 0.00000210. The number of amides is 1. The molecule has 6 nitrogen and oxygen atoms in total. The lowest BCUT2D eigenvalue weighted by molar-refractivity contribution is -0.116. The Bertz CT molecular complexity index is 869. The van der Waals surface area contributed by atoms with E-state index in [-0.39, 0.29) is 18.3 Å². The SMILES string of the molecule is CN1CCN(Cc2ccc(C3C(=O)Nc4ccc(C#N)cc43)nc2)CC1.Cl. The van der Waals surface area contributed by atoms with Gasteiger partial charge in [0.2, 0.25) is 5.91 Å². The summed E-state index contributed by atoms with van der Waals surface area (Å²) in [6.45, 7) is 5.19. The molecule has 0 aliphatic carbocycles. The van der Waals surface area contributed by atoms with Crippen LogP contribution in [-0.4, -0.2) is 53.9 Å². The Kier molecular flexibility index (Phi) is 5.76. The number of anilines is 1. The number of carbonyl (C=O) groups excluding carboxylic acids is 1. The number of nitriles is 1. The Morgan fingerprint density at radius 2 is 2.00 bits per heavy atom. The zero-order valence-corrected chi connectivity index (χ0v) is 16.0. The van der Waals surface area contributed by atoms with Crippen LogP contribution in [0, 0.1) is 11.3 Å². The number of benzene rings is 1. The Labute approximate surface area is 165 Å². The molecule has 2 aromatic rings. The maximum absolute atomic E-state index is 12.4. The highest BCUT2D eigenvalue weighted by Crippen LogP contribution is 2.36. The standard InChI is InChI=1S/C20H21N5O.ClH/c1-24-6-8-25(9-7-24)13-15-3-5-18(22-12-15)19-16-10-14(11-21)2-4-17(16)23-20(19)26;/h2-5,10,12,19H,6-9,13H2,1H3,(H,23,26);1H. The van der Waals surface area contributed by atoms with E-state index in [1.165, 1.54) is 0 Å². The molecule has 1 aromatic heterocycles. The van der Waals surface area contributed by atoms with Gasteiger partial charge in [0, 0.05) is 44.6 Å². The van der Waals surface area contributed by atoms with Crippen molar-refractivity contribution in [3.63, 3.8) is 0 Å². The minimum absolute atomic E-state index is 0. The Morgan fingerprint density at radius 3 is 2.67 bits per heavy atom. The van der Waals surface area contributed by atoms with Gasteiger partial charge in [-0.1, -0.05) is 6.07 Å². The Morgan fingerprint density at radius 1 is 1.22 bits per heavy atom. The number of nitrogens with zero attached hydrogens (tertiary/aromatic N) is 4. The van der Waals surface area contributed by atoms with Crippen LogP contribution in [0.15, 0.2) is 36.5 Å². The van der Waals surface area contributed by atoms with Crippen LogP contribution in [0.1, 0.15) is 28.3 Å². The fourth-order valence-corrected chi connectivity index (χ4v) is 3.59. The van der Waals surface area contributed by atoms with E-state index < -0.39 is 5.92 Å². The molecule has 27 heavy (non-hydrogen) atoms. The number of hydrogen-bond donors (Lipinski definition) is 1. The van der Waals surface area contributed by atoms with Crippen LogP contribution >= 0.6 is 12.4 Å². The van der Waals surface area contributed by atoms with Crippen LogP contribution in [0.5, 0.6) is 0 Å². The van der Waals surface area contributed by atoms with Gasteiger partial charge in [0.15, 0.2) is 0 Å². The molecule has 7 heteroatoms. The van der Waals surface area contributed by atoms with Crippen LogP contribution in [0.2, 0.25) is 0 Å². The number of aromatic nitrogens is 1. The van der Waals surface area contributed by atoms with E-state index in [2.05, 4.69) is 39.3 Å². The molecule has 1 fully saturated rings. The smallest absolute Gasteiger partial charge is 0.238 e. The summed E-state index contributed by atoms with van der Waals surface area (Å²) in [5.74, 6) is -0.537. The van der Waals surface area contributed by atoms with Crippen LogP contribution in [0.4, 0.5) is 5.69 Å². The summed E-state index contributed by atoms with van der Waals surface area (Å²) >= 11 is 0. The molecule has 0 spiro atoms.